The Morgan fingerprint density at radius 2 is 2.07 bits per heavy atom. The van der Waals surface area contributed by atoms with Crippen molar-refractivity contribution in [2.45, 2.75) is 63.0 Å². The molecule has 4 aliphatic rings. The van der Waals surface area contributed by atoms with Gasteiger partial charge in [0.25, 0.3) is 6.47 Å². The average molecular weight is 455 g/mol. The van der Waals surface area contributed by atoms with Crippen molar-refractivity contribution in [2.24, 2.45) is 28.6 Å². The second-order valence-corrected chi connectivity index (χ2v) is 10.8. The van der Waals surface area contributed by atoms with Gasteiger partial charge in [0.15, 0.2) is 17.2 Å². The van der Waals surface area contributed by atoms with E-state index < -0.39 is 27.4 Å². The first kappa shape index (κ1) is 22.0. The highest BCUT2D eigenvalue weighted by Crippen LogP contribution is 2.72. The fraction of sp³-hybridized carbons (Fsp3) is 0.696. The van der Waals surface area contributed by atoms with Crippen LogP contribution in [0.2, 0.25) is 0 Å². The van der Waals surface area contributed by atoms with Gasteiger partial charge in [-0.15, -0.1) is 23.2 Å². The van der Waals surface area contributed by atoms with Crippen molar-refractivity contribution in [3.63, 3.8) is 0 Å². The third kappa shape index (κ3) is 2.37. The maximum Gasteiger partial charge on any atom is 0.294 e. The van der Waals surface area contributed by atoms with Gasteiger partial charge in [0.2, 0.25) is 0 Å². The van der Waals surface area contributed by atoms with Crippen molar-refractivity contribution < 1.29 is 24.2 Å². The minimum atomic E-state index is -1.38. The molecule has 7 heteroatoms. The molecule has 164 valence electrons. The molecule has 0 aliphatic heterocycles. The second kappa shape index (κ2) is 6.91. The van der Waals surface area contributed by atoms with Gasteiger partial charge in [-0.05, 0) is 49.7 Å². The Hall–Kier alpha value is -1.17. The number of aliphatic hydroxyl groups excluding tert-OH is 1. The number of fused-ring (bicyclic) bond motifs is 5. The fourth-order valence-corrected chi connectivity index (χ4v) is 8.34. The summed E-state index contributed by atoms with van der Waals surface area (Å²) >= 11 is 13.3. The van der Waals surface area contributed by atoms with Crippen molar-refractivity contribution in [1.82, 2.24) is 0 Å². The molecule has 3 saturated carbocycles. The van der Waals surface area contributed by atoms with Crippen LogP contribution in [0.5, 0.6) is 0 Å². The molecule has 0 aromatic carbocycles. The summed E-state index contributed by atoms with van der Waals surface area (Å²) < 4.78 is 5.60. The number of aliphatic hydroxyl groups is 1. The molecule has 1 N–H and O–H groups in total. The lowest BCUT2D eigenvalue weighted by molar-refractivity contribution is -0.191. The first-order valence-electron chi connectivity index (χ1n) is 10.5. The van der Waals surface area contributed by atoms with Gasteiger partial charge < -0.3 is 9.84 Å². The number of rotatable bonds is 4. The van der Waals surface area contributed by atoms with Gasteiger partial charge in [0, 0.05) is 16.7 Å². The maximum atomic E-state index is 13.1. The van der Waals surface area contributed by atoms with Crippen LogP contribution in [0.25, 0.3) is 0 Å². The summed E-state index contributed by atoms with van der Waals surface area (Å²) in [5.74, 6) is -1.04. The summed E-state index contributed by atoms with van der Waals surface area (Å²) in [5, 5.41) is 11.5. The zero-order valence-corrected chi connectivity index (χ0v) is 19.0. The Kier molecular flexibility index (Phi) is 5.08. The highest BCUT2D eigenvalue weighted by Gasteiger charge is 2.75. The van der Waals surface area contributed by atoms with Crippen LogP contribution in [-0.4, -0.2) is 45.6 Å². The number of hydrogen-bond donors (Lipinski definition) is 1. The van der Waals surface area contributed by atoms with Gasteiger partial charge in [0.05, 0.1) is 16.9 Å². The number of halogens is 2. The van der Waals surface area contributed by atoms with Gasteiger partial charge in [0.1, 0.15) is 0 Å². The van der Waals surface area contributed by atoms with Crippen molar-refractivity contribution >= 4 is 41.2 Å². The standard InChI is InChI=1S/C23H28Cl2O5/c1-13-8-17-16-5-4-14-9-15(27)6-7-20(14,2)22(16,25)18(28)10-21(17,3)23(13,30-12-26)19(29)11-24/h6-7,9,12-13,16-18,28H,4-5,8,10-11H2,1-3H3/t13-,16+,17+,18+,20+,21+,22+,23+/m1/s1. The largest absolute Gasteiger partial charge is 0.452 e. The molecule has 30 heavy (non-hydrogen) atoms. The summed E-state index contributed by atoms with van der Waals surface area (Å²) in [4.78, 5) is 35.5. The van der Waals surface area contributed by atoms with Gasteiger partial charge >= 0.3 is 0 Å². The van der Waals surface area contributed by atoms with Crippen molar-refractivity contribution in [3.05, 3.63) is 23.8 Å². The summed E-state index contributed by atoms with van der Waals surface area (Å²) in [5.41, 5.74) is -1.88. The highest BCUT2D eigenvalue weighted by molar-refractivity contribution is 6.29. The molecular formula is C23H28Cl2O5. The highest BCUT2D eigenvalue weighted by atomic mass is 35.5. The number of carbonyl (C=O) groups excluding carboxylic acids is 3. The smallest absolute Gasteiger partial charge is 0.294 e. The molecule has 5 nitrogen and oxygen atoms in total. The van der Waals surface area contributed by atoms with E-state index >= 15 is 0 Å². The number of allylic oxidation sites excluding steroid dienone is 4. The fourth-order valence-electron chi connectivity index (χ4n) is 7.62. The molecule has 0 saturated heterocycles. The van der Waals surface area contributed by atoms with E-state index in [1.807, 2.05) is 26.8 Å². The minimum Gasteiger partial charge on any atom is -0.452 e. The Morgan fingerprint density at radius 3 is 2.70 bits per heavy atom. The number of ketones is 2. The van der Waals surface area contributed by atoms with Crippen LogP contribution in [0.1, 0.15) is 46.5 Å². The lowest BCUT2D eigenvalue weighted by Crippen LogP contribution is -2.69. The Bertz CT molecular complexity index is 868. The van der Waals surface area contributed by atoms with Crippen LogP contribution >= 0.6 is 23.2 Å². The van der Waals surface area contributed by atoms with Crippen molar-refractivity contribution in [2.75, 3.05) is 5.88 Å². The van der Waals surface area contributed by atoms with Gasteiger partial charge in [-0.3, -0.25) is 14.4 Å². The van der Waals surface area contributed by atoms with E-state index in [9.17, 15) is 19.5 Å². The monoisotopic (exact) mass is 454 g/mol. The molecule has 4 aliphatic carbocycles. The number of hydrogen-bond acceptors (Lipinski definition) is 5. The lowest BCUT2D eigenvalue weighted by Gasteiger charge is -2.64. The molecular weight excluding hydrogens is 427 g/mol. The number of ether oxygens (including phenoxy) is 1. The molecule has 3 fully saturated rings. The summed E-state index contributed by atoms with van der Waals surface area (Å²) in [7, 11) is 0. The lowest BCUT2D eigenvalue weighted by atomic mass is 9.45. The van der Waals surface area contributed by atoms with E-state index in [0.29, 0.717) is 25.7 Å². The van der Waals surface area contributed by atoms with Gasteiger partial charge in [-0.2, -0.15) is 0 Å². The Morgan fingerprint density at radius 1 is 1.37 bits per heavy atom. The van der Waals surface area contributed by atoms with Gasteiger partial charge in [-0.25, -0.2) is 0 Å². The average Bonchev–Trinajstić information content (AvgIpc) is 2.91. The second-order valence-electron chi connectivity index (χ2n) is 9.91. The summed E-state index contributed by atoms with van der Waals surface area (Å²) in [6.45, 7) is 6.17. The normalized spacial score (nSPS) is 49.5. The first-order chi connectivity index (χ1) is 14.0. The molecule has 0 aromatic rings. The zero-order chi connectivity index (χ0) is 22.1. The molecule has 0 bridgehead atoms. The van der Waals surface area contributed by atoms with Crippen LogP contribution in [0.15, 0.2) is 23.8 Å². The van der Waals surface area contributed by atoms with Crippen LogP contribution in [-0.2, 0) is 19.1 Å². The molecule has 4 rings (SSSR count). The topological polar surface area (TPSA) is 80.7 Å². The van der Waals surface area contributed by atoms with E-state index in [1.165, 1.54) is 6.08 Å². The van der Waals surface area contributed by atoms with E-state index in [-0.39, 0.29) is 41.6 Å². The molecule has 0 spiro atoms. The number of carbonyl (C=O) groups is 3. The third-order valence-electron chi connectivity index (χ3n) is 8.95. The zero-order valence-electron chi connectivity index (χ0n) is 17.5. The predicted octanol–water partition coefficient (Wildman–Crippen LogP) is 3.59. The van der Waals surface area contributed by atoms with E-state index in [2.05, 4.69) is 0 Å². The molecule has 8 atom stereocenters. The quantitative estimate of drug-likeness (QED) is 0.518. The SMILES string of the molecule is C[C@@H]1C[C@H]2[C@@H]3CCC4=CC(=O)C=C[C@]4(C)[C@@]3(Cl)[C@@H](O)C[C@]2(C)[C@@]1(OC=O)C(=O)CCl. The Labute approximate surface area is 186 Å². The molecule has 0 unspecified atom stereocenters. The number of alkyl halides is 2. The minimum absolute atomic E-state index is 0.0371. The van der Waals surface area contributed by atoms with Crippen molar-refractivity contribution in [3.8, 4) is 0 Å². The van der Waals surface area contributed by atoms with E-state index in [1.54, 1.807) is 6.08 Å². The van der Waals surface area contributed by atoms with Crippen LogP contribution in [0, 0.1) is 28.6 Å². The van der Waals surface area contributed by atoms with Crippen molar-refractivity contribution in [1.29, 1.82) is 0 Å². The molecule has 0 aromatic heterocycles. The summed E-state index contributed by atoms with van der Waals surface area (Å²) in [6, 6.07) is 0. The third-order valence-corrected chi connectivity index (χ3v) is 10.1. The maximum absolute atomic E-state index is 13.1. The van der Waals surface area contributed by atoms with Crippen LogP contribution in [0.4, 0.5) is 0 Å². The predicted molar refractivity (Wildman–Crippen MR) is 113 cm³/mol. The molecule has 0 heterocycles. The van der Waals surface area contributed by atoms with Crippen LogP contribution < -0.4 is 0 Å². The molecule has 0 amide bonds. The summed E-state index contributed by atoms with van der Waals surface area (Å²) in [6.07, 6.45) is 6.32. The van der Waals surface area contributed by atoms with Crippen LogP contribution in [0.3, 0.4) is 0 Å². The van der Waals surface area contributed by atoms with E-state index in [0.717, 1.165) is 5.57 Å². The van der Waals surface area contributed by atoms with E-state index in [4.69, 9.17) is 27.9 Å². The molecule has 0 radical (unpaired) electrons. The number of Topliss-reactive ketones (excluding diaryl/α,β-unsaturated/α-hetero) is 1. The first-order valence-corrected chi connectivity index (χ1v) is 11.5. The van der Waals surface area contributed by atoms with Gasteiger partial charge in [-0.1, -0.05) is 32.4 Å². The Balaban J connectivity index is 1.86.